The minimum atomic E-state index is -0.544. The quantitative estimate of drug-likeness (QED) is 0.885. The van der Waals surface area contributed by atoms with Crippen LogP contribution >= 0.6 is 0 Å². The van der Waals surface area contributed by atoms with Crippen molar-refractivity contribution in [2.75, 3.05) is 17.7 Å². The number of anilines is 3. The summed E-state index contributed by atoms with van der Waals surface area (Å²) >= 11 is 0. The van der Waals surface area contributed by atoms with E-state index in [9.17, 15) is 4.79 Å². The Labute approximate surface area is 135 Å². The van der Waals surface area contributed by atoms with Gasteiger partial charge in [-0.05, 0) is 45.0 Å². The molecule has 0 atom stereocenters. The van der Waals surface area contributed by atoms with Crippen LogP contribution in [-0.4, -0.2) is 23.8 Å². The van der Waals surface area contributed by atoms with Crippen LogP contribution in [0.3, 0.4) is 0 Å². The van der Waals surface area contributed by atoms with E-state index in [1.807, 2.05) is 30.3 Å². The Kier molecular flexibility index (Phi) is 5.05. The van der Waals surface area contributed by atoms with Gasteiger partial charge in [0.1, 0.15) is 17.2 Å². The molecule has 0 bridgehead atoms. The molecule has 122 valence electrons. The van der Waals surface area contributed by atoms with E-state index in [1.165, 1.54) is 0 Å². The summed E-state index contributed by atoms with van der Waals surface area (Å²) in [5.74, 6) is 1.20. The van der Waals surface area contributed by atoms with Gasteiger partial charge in [0.25, 0.3) is 0 Å². The fourth-order valence-electron chi connectivity index (χ4n) is 1.82. The van der Waals surface area contributed by atoms with Gasteiger partial charge in [0, 0.05) is 11.8 Å². The number of benzene rings is 1. The van der Waals surface area contributed by atoms with E-state index in [4.69, 9.17) is 9.47 Å². The number of carbonyl (C=O) groups excluding carboxylic acids is 1. The Morgan fingerprint density at radius 3 is 2.52 bits per heavy atom. The number of methoxy groups -OCH3 is 1. The zero-order valence-corrected chi connectivity index (χ0v) is 13.7. The van der Waals surface area contributed by atoms with Gasteiger partial charge in [-0.15, -0.1) is 0 Å². The number of nitrogens with zero attached hydrogens (tertiary/aromatic N) is 1. The number of carbonyl (C=O) groups is 1. The maximum Gasteiger partial charge on any atom is 0.413 e. The average molecular weight is 315 g/mol. The molecule has 23 heavy (non-hydrogen) atoms. The monoisotopic (exact) mass is 315 g/mol. The van der Waals surface area contributed by atoms with E-state index in [0.717, 1.165) is 17.1 Å². The number of aromatic nitrogens is 1. The Morgan fingerprint density at radius 2 is 1.91 bits per heavy atom. The maximum absolute atomic E-state index is 11.7. The van der Waals surface area contributed by atoms with Crippen molar-refractivity contribution < 1.29 is 14.3 Å². The Bertz CT molecular complexity index is 664. The number of hydrogen-bond donors (Lipinski definition) is 2. The third-order valence-electron chi connectivity index (χ3n) is 2.75. The number of nitrogens with one attached hydrogen (secondary N) is 2. The molecule has 2 rings (SSSR count). The summed E-state index contributed by atoms with van der Waals surface area (Å²) in [6.07, 6.45) is 1.10. The van der Waals surface area contributed by atoms with Gasteiger partial charge < -0.3 is 14.8 Å². The summed E-state index contributed by atoms with van der Waals surface area (Å²) in [4.78, 5) is 15.9. The SMILES string of the molecule is COc1cccc(Nc2ccc(NC(=O)OC(C)(C)C)nc2)c1. The summed E-state index contributed by atoms with van der Waals surface area (Å²) in [6.45, 7) is 5.42. The number of ether oxygens (including phenoxy) is 2. The van der Waals surface area contributed by atoms with E-state index in [-0.39, 0.29) is 0 Å². The first-order valence-electron chi connectivity index (χ1n) is 7.23. The van der Waals surface area contributed by atoms with Crippen molar-refractivity contribution in [1.82, 2.24) is 4.98 Å². The van der Waals surface area contributed by atoms with Gasteiger partial charge in [-0.2, -0.15) is 0 Å². The Morgan fingerprint density at radius 1 is 1.13 bits per heavy atom. The standard InChI is InChI=1S/C17H21N3O3/c1-17(2,3)23-16(21)20-15-9-8-13(11-18-15)19-12-6-5-7-14(10-12)22-4/h5-11,19H,1-4H3,(H,18,20,21). The molecule has 1 amide bonds. The van der Waals surface area contributed by atoms with Crippen LogP contribution in [0.15, 0.2) is 42.6 Å². The molecule has 0 unspecified atom stereocenters. The molecule has 1 aromatic heterocycles. The second kappa shape index (κ2) is 7.00. The van der Waals surface area contributed by atoms with E-state index < -0.39 is 11.7 Å². The van der Waals surface area contributed by atoms with Crippen LogP contribution in [0.1, 0.15) is 20.8 Å². The molecule has 6 heteroatoms. The number of pyridine rings is 1. The molecule has 0 spiro atoms. The zero-order chi connectivity index (χ0) is 16.9. The van der Waals surface area contributed by atoms with E-state index in [0.29, 0.717) is 5.82 Å². The predicted octanol–water partition coefficient (Wildman–Crippen LogP) is 4.18. The molecule has 0 aliphatic heterocycles. The van der Waals surface area contributed by atoms with Crippen LogP contribution in [-0.2, 0) is 4.74 Å². The third kappa shape index (κ3) is 5.50. The molecular weight excluding hydrogens is 294 g/mol. The summed E-state index contributed by atoms with van der Waals surface area (Å²) in [5.41, 5.74) is 1.14. The molecule has 0 fully saturated rings. The topological polar surface area (TPSA) is 72.5 Å². The highest BCUT2D eigenvalue weighted by atomic mass is 16.6. The number of rotatable bonds is 4. The number of hydrogen-bond acceptors (Lipinski definition) is 5. The lowest BCUT2D eigenvalue weighted by atomic mass is 10.2. The van der Waals surface area contributed by atoms with Crippen LogP contribution in [0, 0.1) is 0 Å². The normalized spacial score (nSPS) is 10.8. The van der Waals surface area contributed by atoms with Crippen LogP contribution in [0.2, 0.25) is 0 Å². The molecule has 0 aliphatic carbocycles. The predicted molar refractivity (Wildman–Crippen MR) is 90.4 cm³/mol. The first-order chi connectivity index (χ1) is 10.9. The third-order valence-corrected chi connectivity index (χ3v) is 2.75. The second-order valence-corrected chi connectivity index (χ2v) is 5.92. The van der Waals surface area contributed by atoms with Gasteiger partial charge in [0.15, 0.2) is 0 Å². The van der Waals surface area contributed by atoms with Crippen molar-refractivity contribution in [3.05, 3.63) is 42.6 Å². The Hall–Kier alpha value is -2.76. The molecule has 1 aromatic carbocycles. The second-order valence-electron chi connectivity index (χ2n) is 5.92. The van der Waals surface area contributed by atoms with Gasteiger partial charge >= 0.3 is 6.09 Å². The fourth-order valence-corrected chi connectivity index (χ4v) is 1.82. The van der Waals surface area contributed by atoms with E-state index >= 15 is 0 Å². The van der Waals surface area contributed by atoms with Crippen molar-refractivity contribution in [2.24, 2.45) is 0 Å². The molecule has 0 saturated heterocycles. The molecule has 0 radical (unpaired) electrons. The van der Waals surface area contributed by atoms with Crippen LogP contribution in [0.25, 0.3) is 0 Å². The van der Waals surface area contributed by atoms with Crippen LogP contribution < -0.4 is 15.4 Å². The van der Waals surface area contributed by atoms with Gasteiger partial charge in [0.05, 0.1) is 19.0 Å². The van der Waals surface area contributed by atoms with Gasteiger partial charge in [-0.1, -0.05) is 6.07 Å². The first kappa shape index (κ1) is 16.6. The lowest BCUT2D eigenvalue weighted by Crippen LogP contribution is -2.27. The molecular formula is C17H21N3O3. The summed E-state index contributed by atoms with van der Waals surface area (Å²) in [7, 11) is 1.62. The average Bonchev–Trinajstić information content (AvgIpc) is 2.47. The minimum Gasteiger partial charge on any atom is -0.497 e. The highest BCUT2D eigenvalue weighted by molar-refractivity contribution is 5.83. The Balaban J connectivity index is 1.98. The summed E-state index contributed by atoms with van der Waals surface area (Å²) < 4.78 is 10.4. The molecule has 0 aliphatic rings. The van der Waals surface area contributed by atoms with Crippen molar-refractivity contribution in [3.8, 4) is 5.75 Å². The van der Waals surface area contributed by atoms with Gasteiger partial charge in [-0.25, -0.2) is 9.78 Å². The molecule has 2 aromatic rings. The molecule has 2 N–H and O–H groups in total. The first-order valence-corrected chi connectivity index (χ1v) is 7.23. The summed E-state index contributed by atoms with van der Waals surface area (Å²) in [6, 6.07) is 11.1. The van der Waals surface area contributed by atoms with Crippen molar-refractivity contribution >= 4 is 23.3 Å². The van der Waals surface area contributed by atoms with E-state index in [2.05, 4.69) is 15.6 Å². The highest BCUT2D eigenvalue weighted by Crippen LogP contribution is 2.21. The zero-order valence-electron chi connectivity index (χ0n) is 13.7. The highest BCUT2D eigenvalue weighted by Gasteiger charge is 2.16. The van der Waals surface area contributed by atoms with Crippen molar-refractivity contribution in [2.45, 2.75) is 26.4 Å². The molecule has 6 nitrogen and oxygen atoms in total. The van der Waals surface area contributed by atoms with Crippen LogP contribution in [0.4, 0.5) is 22.0 Å². The lowest BCUT2D eigenvalue weighted by molar-refractivity contribution is 0.0635. The molecule has 0 saturated carbocycles. The maximum atomic E-state index is 11.7. The van der Waals surface area contributed by atoms with Gasteiger partial charge in [-0.3, -0.25) is 5.32 Å². The largest absolute Gasteiger partial charge is 0.497 e. The molecule has 1 heterocycles. The van der Waals surface area contributed by atoms with Crippen LogP contribution in [0.5, 0.6) is 5.75 Å². The number of amides is 1. The van der Waals surface area contributed by atoms with Crippen molar-refractivity contribution in [3.63, 3.8) is 0 Å². The van der Waals surface area contributed by atoms with Crippen molar-refractivity contribution in [1.29, 1.82) is 0 Å². The summed E-state index contributed by atoms with van der Waals surface area (Å²) in [5, 5.41) is 5.80. The fraction of sp³-hybridized carbons (Fsp3) is 0.294. The minimum absolute atomic E-state index is 0.426. The lowest BCUT2D eigenvalue weighted by Gasteiger charge is -2.19. The van der Waals surface area contributed by atoms with E-state index in [1.54, 1.807) is 40.1 Å². The van der Waals surface area contributed by atoms with Gasteiger partial charge in [0.2, 0.25) is 0 Å². The smallest absolute Gasteiger partial charge is 0.413 e.